The van der Waals surface area contributed by atoms with Crippen molar-refractivity contribution >= 4 is 29.4 Å². The number of anilines is 1. The fourth-order valence-electron chi connectivity index (χ4n) is 1.81. The van der Waals surface area contributed by atoms with Gasteiger partial charge in [0.15, 0.2) is 0 Å². The summed E-state index contributed by atoms with van der Waals surface area (Å²) in [5.41, 5.74) is 6.81. The van der Waals surface area contributed by atoms with Gasteiger partial charge >= 0.3 is 6.03 Å². The van der Waals surface area contributed by atoms with Gasteiger partial charge in [0.1, 0.15) is 6.04 Å². The van der Waals surface area contributed by atoms with Crippen LogP contribution in [0.5, 0.6) is 0 Å². The highest BCUT2D eigenvalue weighted by Crippen LogP contribution is 2.23. The van der Waals surface area contributed by atoms with Crippen molar-refractivity contribution in [1.82, 2.24) is 10.3 Å². The van der Waals surface area contributed by atoms with Crippen LogP contribution >= 0.6 is 11.8 Å². The van der Waals surface area contributed by atoms with Crippen molar-refractivity contribution < 1.29 is 9.59 Å². The van der Waals surface area contributed by atoms with E-state index in [9.17, 15) is 9.59 Å². The van der Waals surface area contributed by atoms with Crippen LogP contribution in [-0.2, 0) is 10.5 Å². The fraction of sp³-hybridized carbons (Fsp3) is 0.188. The van der Waals surface area contributed by atoms with Gasteiger partial charge in [-0.15, -0.1) is 11.8 Å². The number of rotatable bonds is 6. The molecule has 0 aliphatic heterocycles. The van der Waals surface area contributed by atoms with Crippen molar-refractivity contribution in [3.8, 4) is 0 Å². The number of nitrogens with zero attached hydrogens (tertiary/aromatic N) is 1. The largest absolute Gasteiger partial charge is 0.352 e. The summed E-state index contributed by atoms with van der Waals surface area (Å²) in [6.45, 7) is 1.57. The second-order valence-electron chi connectivity index (χ2n) is 4.89. The van der Waals surface area contributed by atoms with E-state index in [0.717, 1.165) is 16.2 Å². The van der Waals surface area contributed by atoms with E-state index in [1.54, 1.807) is 24.9 Å². The molecule has 1 heterocycles. The van der Waals surface area contributed by atoms with Crippen LogP contribution in [0.2, 0.25) is 0 Å². The number of carbonyl (C=O) groups excluding carboxylic acids is 2. The first-order valence-corrected chi connectivity index (χ1v) is 8.02. The predicted octanol–water partition coefficient (Wildman–Crippen LogP) is 2.37. The zero-order valence-electron chi connectivity index (χ0n) is 12.7. The molecule has 0 radical (unpaired) electrons. The molecule has 0 saturated carbocycles. The number of pyridine rings is 1. The van der Waals surface area contributed by atoms with Crippen LogP contribution in [0.25, 0.3) is 0 Å². The molecule has 2 rings (SSSR count). The molecule has 1 atom stereocenters. The lowest BCUT2D eigenvalue weighted by atomic mass is 10.2. The minimum absolute atomic E-state index is 0.320. The summed E-state index contributed by atoms with van der Waals surface area (Å²) < 4.78 is 0. The molecule has 0 spiro atoms. The van der Waals surface area contributed by atoms with Gasteiger partial charge in [-0.25, -0.2) is 4.79 Å². The molecule has 1 aromatic heterocycles. The Hall–Kier alpha value is -2.54. The molecule has 3 amide bonds. The Kier molecular flexibility index (Phi) is 5.99. The number of amides is 3. The van der Waals surface area contributed by atoms with Crippen molar-refractivity contribution in [3.63, 3.8) is 0 Å². The van der Waals surface area contributed by atoms with E-state index in [1.165, 1.54) is 0 Å². The van der Waals surface area contributed by atoms with Gasteiger partial charge in [0, 0.05) is 28.7 Å². The molecule has 0 bridgehead atoms. The Labute approximate surface area is 138 Å². The zero-order chi connectivity index (χ0) is 16.7. The second-order valence-corrected chi connectivity index (χ2v) is 5.94. The maximum atomic E-state index is 11.9. The smallest absolute Gasteiger partial charge is 0.312 e. The number of urea groups is 1. The van der Waals surface area contributed by atoms with Crippen LogP contribution in [0.15, 0.2) is 53.7 Å². The molecule has 7 heteroatoms. The molecule has 0 aliphatic carbocycles. The molecular weight excluding hydrogens is 312 g/mol. The summed E-state index contributed by atoms with van der Waals surface area (Å²) in [7, 11) is 0. The van der Waals surface area contributed by atoms with Gasteiger partial charge in [-0.3, -0.25) is 9.78 Å². The highest BCUT2D eigenvalue weighted by atomic mass is 32.2. The van der Waals surface area contributed by atoms with Gasteiger partial charge in [0.05, 0.1) is 0 Å². The van der Waals surface area contributed by atoms with Crippen LogP contribution in [0.3, 0.4) is 0 Å². The Morgan fingerprint density at radius 1 is 1.26 bits per heavy atom. The van der Waals surface area contributed by atoms with E-state index in [2.05, 4.69) is 15.6 Å². The van der Waals surface area contributed by atoms with Crippen LogP contribution in [0, 0.1) is 0 Å². The summed E-state index contributed by atoms with van der Waals surface area (Å²) >= 11 is 1.69. The number of thioether (sulfide) groups is 1. The Balaban J connectivity index is 1.87. The first kappa shape index (κ1) is 16.8. The molecule has 120 valence electrons. The van der Waals surface area contributed by atoms with Gasteiger partial charge in [0.25, 0.3) is 0 Å². The van der Waals surface area contributed by atoms with E-state index < -0.39 is 12.1 Å². The van der Waals surface area contributed by atoms with E-state index in [1.807, 2.05) is 42.6 Å². The third-order valence-corrected chi connectivity index (χ3v) is 4.09. The van der Waals surface area contributed by atoms with Crippen LogP contribution < -0.4 is 16.4 Å². The minimum atomic E-state index is -0.727. The number of nitrogens with two attached hydrogens (primary N) is 1. The fourth-order valence-corrected chi connectivity index (χ4v) is 2.65. The quantitative estimate of drug-likeness (QED) is 0.708. The monoisotopic (exact) mass is 330 g/mol. The van der Waals surface area contributed by atoms with Crippen LogP contribution in [-0.4, -0.2) is 23.0 Å². The maximum absolute atomic E-state index is 11.9. The van der Waals surface area contributed by atoms with E-state index in [4.69, 9.17) is 5.73 Å². The number of carbonyl (C=O) groups is 2. The van der Waals surface area contributed by atoms with E-state index in [0.29, 0.717) is 5.69 Å². The van der Waals surface area contributed by atoms with Gasteiger partial charge in [0.2, 0.25) is 5.91 Å². The Morgan fingerprint density at radius 3 is 2.61 bits per heavy atom. The summed E-state index contributed by atoms with van der Waals surface area (Å²) in [6, 6.07) is 10.0. The summed E-state index contributed by atoms with van der Waals surface area (Å²) in [4.78, 5) is 27.7. The maximum Gasteiger partial charge on any atom is 0.312 e. The summed E-state index contributed by atoms with van der Waals surface area (Å²) in [6.07, 6.45) is 3.59. The number of hydrogen-bond donors (Lipinski definition) is 3. The molecule has 0 aliphatic rings. The van der Waals surface area contributed by atoms with Crippen LogP contribution in [0.4, 0.5) is 10.5 Å². The Bertz CT molecular complexity index is 662. The molecule has 0 unspecified atom stereocenters. The average molecular weight is 330 g/mol. The first-order valence-electron chi connectivity index (χ1n) is 7.03. The van der Waals surface area contributed by atoms with E-state index in [-0.39, 0.29) is 5.91 Å². The van der Waals surface area contributed by atoms with Gasteiger partial charge in [-0.2, -0.15) is 0 Å². The number of nitrogens with one attached hydrogen (secondary N) is 2. The molecule has 0 fully saturated rings. The summed E-state index contributed by atoms with van der Waals surface area (Å²) in [5, 5.41) is 5.05. The molecule has 0 saturated heterocycles. The molecule has 1 aromatic carbocycles. The van der Waals surface area contributed by atoms with Gasteiger partial charge in [-0.05, 0) is 42.8 Å². The zero-order valence-corrected chi connectivity index (χ0v) is 13.5. The first-order chi connectivity index (χ1) is 11.0. The van der Waals surface area contributed by atoms with Gasteiger partial charge < -0.3 is 16.4 Å². The van der Waals surface area contributed by atoms with Gasteiger partial charge in [-0.1, -0.05) is 6.07 Å². The molecule has 4 N–H and O–H groups in total. The molecule has 23 heavy (non-hydrogen) atoms. The van der Waals surface area contributed by atoms with Crippen molar-refractivity contribution in [2.45, 2.75) is 23.6 Å². The summed E-state index contributed by atoms with van der Waals surface area (Å²) in [5.74, 6) is 0.513. The lowest BCUT2D eigenvalue weighted by Crippen LogP contribution is -2.44. The highest BCUT2D eigenvalue weighted by Gasteiger charge is 2.13. The van der Waals surface area contributed by atoms with E-state index >= 15 is 0 Å². The van der Waals surface area contributed by atoms with Crippen molar-refractivity contribution in [2.75, 3.05) is 5.32 Å². The topological polar surface area (TPSA) is 97.1 Å². The predicted molar refractivity (Wildman–Crippen MR) is 91.1 cm³/mol. The number of primary amides is 1. The molecular formula is C16H18N4O2S. The molecule has 6 nitrogen and oxygen atoms in total. The SMILES string of the molecule is C[C@H](NC(N)=O)C(=O)Nc1ccc(SCc2cccnc2)cc1. The van der Waals surface area contributed by atoms with Crippen molar-refractivity contribution in [1.29, 1.82) is 0 Å². The lowest BCUT2D eigenvalue weighted by Gasteiger charge is -2.12. The second kappa shape index (κ2) is 8.19. The third-order valence-electron chi connectivity index (χ3n) is 3.00. The normalized spacial score (nSPS) is 11.5. The number of benzene rings is 1. The van der Waals surface area contributed by atoms with Crippen molar-refractivity contribution in [2.24, 2.45) is 5.73 Å². The van der Waals surface area contributed by atoms with Crippen LogP contribution in [0.1, 0.15) is 12.5 Å². The lowest BCUT2D eigenvalue weighted by molar-refractivity contribution is -0.117. The number of hydrogen-bond acceptors (Lipinski definition) is 4. The van der Waals surface area contributed by atoms with Crippen molar-refractivity contribution in [3.05, 3.63) is 54.4 Å². The third kappa shape index (κ3) is 5.63. The minimum Gasteiger partial charge on any atom is -0.352 e. The average Bonchev–Trinajstić information content (AvgIpc) is 2.54. The number of aromatic nitrogens is 1. The Morgan fingerprint density at radius 2 is 2.00 bits per heavy atom. The highest BCUT2D eigenvalue weighted by molar-refractivity contribution is 7.98. The standard InChI is InChI=1S/C16H18N4O2S/c1-11(19-16(17)22)15(21)20-13-4-6-14(7-5-13)23-10-12-3-2-8-18-9-12/h2-9,11H,10H2,1H3,(H,20,21)(H3,17,19,22)/t11-/m0/s1. The molecule has 2 aromatic rings.